The Balaban J connectivity index is 1.86. The number of hydrogen-bond acceptors (Lipinski definition) is 5. The molecule has 0 unspecified atom stereocenters. The largest absolute Gasteiger partial charge is 0.494 e. The van der Waals surface area contributed by atoms with E-state index in [0.29, 0.717) is 30.9 Å². The number of aryl methyl sites for hydroxylation is 1. The van der Waals surface area contributed by atoms with Crippen molar-refractivity contribution in [3.05, 3.63) is 51.7 Å². The first kappa shape index (κ1) is 18.9. The highest BCUT2D eigenvalue weighted by Gasteiger charge is 2.35. The Bertz CT molecular complexity index is 871. The molecule has 1 aliphatic rings. The second kappa shape index (κ2) is 7.80. The number of hydrogen-bond donors (Lipinski definition) is 0. The molecule has 0 aliphatic carbocycles. The van der Waals surface area contributed by atoms with Crippen LogP contribution in [0.4, 0.5) is 0 Å². The van der Waals surface area contributed by atoms with Crippen molar-refractivity contribution >= 4 is 27.1 Å². The van der Waals surface area contributed by atoms with Gasteiger partial charge in [-0.05, 0) is 61.5 Å². The van der Waals surface area contributed by atoms with Gasteiger partial charge in [0.15, 0.2) is 9.84 Å². The van der Waals surface area contributed by atoms with Crippen molar-refractivity contribution in [2.45, 2.75) is 32.9 Å². The highest BCUT2D eigenvalue weighted by molar-refractivity contribution is 7.91. The minimum Gasteiger partial charge on any atom is -0.494 e. The highest BCUT2D eigenvalue weighted by Crippen LogP contribution is 2.26. The van der Waals surface area contributed by atoms with E-state index in [1.54, 1.807) is 40.5 Å². The second-order valence-electron chi connectivity index (χ2n) is 6.47. The third-order valence-corrected chi connectivity index (χ3v) is 7.36. The standard InChI is InChI=1S/C19H23NO4S2/c1-3-24-17-6-4-15(5-7-17)19(21)20(12-18-14(2)8-10-25-18)16-9-11-26(22,23)13-16/h4-8,10,16H,3,9,11-13H2,1-2H3/t16-/m0/s1. The molecule has 2 aromatic rings. The van der Waals surface area contributed by atoms with E-state index in [-0.39, 0.29) is 23.5 Å². The van der Waals surface area contributed by atoms with Crippen molar-refractivity contribution in [1.82, 2.24) is 4.90 Å². The van der Waals surface area contributed by atoms with Gasteiger partial charge in [-0.1, -0.05) is 0 Å². The zero-order valence-corrected chi connectivity index (χ0v) is 16.6. The average Bonchev–Trinajstić information content (AvgIpc) is 3.18. The molecule has 1 aliphatic heterocycles. The van der Waals surface area contributed by atoms with E-state index >= 15 is 0 Å². The molecule has 7 heteroatoms. The number of sulfone groups is 1. The number of amides is 1. The second-order valence-corrected chi connectivity index (χ2v) is 9.70. The molecule has 26 heavy (non-hydrogen) atoms. The average molecular weight is 394 g/mol. The van der Waals surface area contributed by atoms with Crippen LogP contribution in [0, 0.1) is 6.92 Å². The van der Waals surface area contributed by atoms with Crippen molar-refractivity contribution < 1.29 is 17.9 Å². The fraction of sp³-hybridized carbons (Fsp3) is 0.421. The molecule has 3 rings (SSSR count). The van der Waals surface area contributed by atoms with E-state index in [1.807, 2.05) is 25.3 Å². The summed E-state index contributed by atoms with van der Waals surface area (Å²) in [7, 11) is -3.07. The number of carbonyl (C=O) groups is 1. The zero-order valence-electron chi connectivity index (χ0n) is 15.0. The van der Waals surface area contributed by atoms with Crippen molar-refractivity contribution in [2.75, 3.05) is 18.1 Å². The summed E-state index contributed by atoms with van der Waals surface area (Å²) >= 11 is 1.59. The van der Waals surface area contributed by atoms with Crippen LogP contribution in [-0.2, 0) is 16.4 Å². The summed E-state index contributed by atoms with van der Waals surface area (Å²) in [6.45, 7) is 4.92. The molecule has 0 N–H and O–H groups in total. The van der Waals surface area contributed by atoms with Crippen LogP contribution in [0.15, 0.2) is 35.7 Å². The van der Waals surface area contributed by atoms with E-state index in [0.717, 1.165) is 10.4 Å². The first-order chi connectivity index (χ1) is 12.4. The van der Waals surface area contributed by atoms with Crippen LogP contribution in [0.5, 0.6) is 5.75 Å². The van der Waals surface area contributed by atoms with Gasteiger partial charge in [0.05, 0.1) is 24.7 Å². The van der Waals surface area contributed by atoms with Gasteiger partial charge in [-0.15, -0.1) is 11.3 Å². The van der Waals surface area contributed by atoms with Gasteiger partial charge in [0.2, 0.25) is 0 Å². The molecule has 0 radical (unpaired) electrons. The quantitative estimate of drug-likeness (QED) is 0.755. The monoisotopic (exact) mass is 393 g/mol. The lowest BCUT2D eigenvalue weighted by Crippen LogP contribution is -2.40. The molecule has 0 saturated carbocycles. The van der Waals surface area contributed by atoms with Crippen LogP contribution in [0.25, 0.3) is 0 Å². The molecule has 1 fully saturated rings. The van der Waals surface area contributed by atoms with Crippen molar-refractivity contribution in [2.24, 2.45) is 0 Å². The van der Waals surface area contributed by atoms with Crippen molar-refractivity contribution in [1.29, 1.82) is 0 Å². The first-order valence-corrected chi connectivity index (χ1v) is 11.4. The molecule has 1 atom stereocenters. The fourth-order valence-electron chi connectivity index (χ4n) is 3.13. The van der Waals surface area contributed by atoms with Gasteiger partial charge in [-0.2, -0.15) is 0 Å². The summed E-state index contributed by atoms with van der Waals surface area (Å²) in [6, 6.07) is 8.77. The summed E-state index contributed by atoms with van der Waals surface area (Å²) in [5.41, 5.74) is 1.67. The van der Waals surface area contributed by atoms with Crippen LogP contribution in [0.2, 0.25) is 0 Å². The molecule has 1 saturated heterocycles. The summed E-state index contributed by atoms with van der Waals surface area (Å²) in [6.07, 6.45) is 0.496. The third-order valence-electron chi connectivity index (χ3n) is 4.60. The molecule has 0 spiro atoms. The fourth-order valence-corrected chi connectivity index (χ4v) is 5.77. The molecule has 1 amide bonds. The van der Waals surface area contributed by atoms with Crippen LogP contribution in [0.1, 0.15) is 34.1 Å². The van der Waals surface area contributed by atoms with E-state index in [4.69, 9.17) is 4.74 Å². The summed E-state index contributed by atoms with van der Waals surface area (Å²) in [5, 5.41) is 2.00. The molecule has 140 valence electrons. The van der Waals surface area contributed by atoms with Gasteiger partial charge in [-0.25, -0.2) is 8.42 Å². The molecular weight excluding hydrogens is 370 g/mol. The lowest BCUT2D eigenvalue weighted by atomic mass is 10.1. The predicted molar refractivity (Wildman–Crippen MR) is 104 cm³/mol. The van der Waals surface area contributed by atoms with E-state index in [9.17, 15) is 13.2 Å². The number of benzene rings is 1. The lowest BCUT2D eigenvalue weighted by molar-refractivity contribution is 0.0683. The highest BCUT2D eigenvalue weighted by atomic mass is 32.2. The van der Waals surface area contributed by atoms with Gasteiger partial charge in [-0.3, -0.25) is 4.79 Å². The normalized spacial score (nSPS) is 18.6. The molecule has 1 aromatic carbocycles. The third kappa shape index (κ3) is 4.27. The smallest absolute Gasteiger partial charge is 0.254 e. The zero-order chi connectivity index (χ0) is 18.7. The van der Waals surface area contributed by atoms with E-state index < -0.39 is 9.84 Å². The van der Waals surface area contributed by atoms with Crippen LogP contribution in [-0.4, -0.2) is 43.4 Å². The Morgan fingerprint density at radius 1 is 1.27 bits per heavy atom. The number of nitrogens with zero attached hydrogens (tertiary/aromatic N) is 1. The molecule has 1 aromatic heterocycles. The Labute approximate surface area is 158 Å². The van der Waals surface area contributed by atoms with Crippen LogP contribution in [0.3, 0.4) is 0 Å². The minimum absolute atomic E-state index is 0.0419. The molecule has 0 bridgehead atoms. The van der Waals surface area contributed by atoms with Gasteiger partial charge >= 0.3 is 0 Å². The molecule has 5 nitrogen and oxygen atoms in total. The topological polar surface area (TPSA) is 63.7 Å². The maximum Gasteiger partial charge on any atom is 0.254 e. The Hall–Kier alpha value is -1.86. The summed E-state index contributed by atoms with van der Waals surface area (Å²) < 4.78 is 29.3. The van der Waals surface area contributed by atoms with Gasteiger partial charge in [0.25, 0.3) is 5.91 Å². The van der Waals surface area contributed by atoms with Gasteiger partial charge < -0.3 is 9.64 Å². The van der Waals surface area contributed by atoms with E-state index in [2.05, 4.69) is 0 Å². The summed E-state index contributed by atoms with van der Waals surface area (Å²) in [4.78, 5) is 16.0. The number of carbonyl (C=O) groups excluding carboxylic acids is 1. The number of ether oxygens (including phenoxy) is 1. The maximum absolute atomic E-state index is 13.1. The van der Waals surface area contributed by atoms with E-state index in [1.165, 1.54) is 0 Å². The van der Waals surface area contributed by atoms with Crippen LogP contribution >= 0.6 is 11.3 Å². The Morgan fingerprint density at radius 3 is 2.54 bits per heavy atom. The van der Waals surface area contributed by atoms with Gasteiger partial charge in [0.1, 0.15) is 5.75 Å². The predicted octanol–water partition coefficient (Wildman–Crippen LogP) is 3.28. The SMILES string of the molecule is CCOc1ccc(C(=O)N(Cc2sccc2C)[C@H]2CCS(=O)(=O)C2)cc1. The Morgan fingerprint density at radius 2 is 2.00 bits per heavy atom. The molecule has 2 heterocycles. The Kier molecular flexibility index (Phi) is 5.67. The van der Waals surface area contributed by atoms with Crippen molar-refractivity contribution in [3.63, 3.8) is 0 Å². The maximum atomic E-state index is 13.1. The van der Waals surface area contributed by atoms with Crippen LogP contribution < -0.4 is 4.74 Å². The molecular formula is C19H23NO4S2. The lowest BCUT2D eigenvalue weighted by Gasteiger charge is -2.28. The number of thiophene rings is 1. The first-order valence-electron chi connectivity index (χ1n) is 8.67. The van der Waals surface area contributed by atoms with Gasteiger partial charge in [0, 0.05) is 16.5 Å². The summed E-state index contributed by atoms with van der Waals surface area (Å²) in [5.74, 6) is 0.769. The minimum atomic E-state index is -3.07. The van der Waals surface area contributed by atoms with Crippen molar-refractivity contribution in [3.8, 4) is 5.75 Å². The number of rotatable bonds is 6.